The molecule has 0 saturated heterocycles. The van der Waals surface area contributed by atoms with Gasteiger partial charge in [-0.3, -0.25) is 0 Å². The predicted octanol–water partition coefficient (Wildman–Crippen LogP) is 4.59. The van der Waals surface area contributed by atoms with Crippen molar-refractivity contribution in [3.63, 3.8) is 0 Å². The fraction of sp³-hybridized carbons (Fsp3) is 0.286. The molecule has 2 aromatic rings. The van der Waals surface area contributed by atoms with Crippen LogP contribution in [0.3, 0.4) is 0 Å². The number of aromatic nitrogens is 2. The highest BCUT2D eigenvalue weighted by Crippen LogP contribution is 2.19. The van der Waals surface area contributed by atoms with Crippen molar-refractivity contribution in [3.05, 3.63) is 42.8 Å². The number of alkyl halides is 1. The fourth-order valence-electron chi connectivity index (χ4n) is 1.49. The molecular weight excluding hydrogens is 562 g/mol. The highest BCUT2D eigenvalue weighted by molar-refractivity contribution is 14.1. The van der Waals surface area contributed by atoms with Crippen LogP contribution < -0.4 is 9.47 Å². The molecule has 2 rings (SSSR count). The summed E-state index contributed by atoms with van der Waals surface area (Å²) in [6.07, 6.45) is 3.57. The van der Waals surface area contributed by atoms with E-state index in [0.717, 1.165) is 23.6 Å². The lowest BCUT2D eigenvalue weighted by Crippen LogP contribution is -1.93. The Bertz CT molecular complexity index is 597. The summed E-state index contributed by atoms with van der Waals surface area (Å²) in [4.78, 5) is 8.17. The Morgan fingerprint density at radius 1 is 1.00 bits per heavy atom. The minimum Gasteiger partial charge on any atom is -0.481 e. The number of hydrogen-bond acceptors (Lipinski definition) is 4. The lowest BCUT2D eigenvalue weighted by molar-refractivity contribution is 0.394. The summed E-state index contributed by atoms with van der Waals surface area (Å²) in [5, 5.41) is 0.778. The molecular formula is C14H15BrI2N2O2. The van der Waals surface area contributed by atoms with Crippen LogP contribution in [0.5, 0.6) is 11.8 Å². The van der Waals surface area contributed by atoms with Gasteiger partial charge in [-0.2, -0.15) is 0 Å². The molecule has 0 aliphatic rings. The molecule has 0 fully saturated rings. The molecule has 2 heterocycles. The van der Waals surface area contributed by atoms with Gasteiger partial charge in [0, 0.05) is 36.0 Å². The molecule has 0 bridgehead atoms. The van der Waals surface area contributed by atoms with Gasteiger partial charge in [0.25, 0.3) is 0 Å². The minimum absolute atomic E-state index is 0.697. The van der Waals surface area contributed by atoms with Crippen molar-refractivity contribution in [1.82, 2.24) is 9.97 Å². The van der Waals surface area contributed by atoms with Gasteiger partial charge >= 0.3 is 0 Å². The smallest absolute Gasteiger partial charge is 0.217 e. The van der Waals surface area contributed by atoms with Crippen molar-refractivity contribution in [2.45, 2.75) is 12.3 Å². The van der Waals surface area contributed by atoms with E-state index in [1.807, 2.05) is 19.1 Å². The maximum absolute atomic E-state index is 5.05. The summed E-state index contributed by atoms with van der Waals surface area (Å²) in [7, 11) is 3.25. The molecule has 0 spiro atoms. The van der Waals surface area contributed by atoms with Crippen molar-refractivity contribution in [1.29, 1.82) is 0 Å². The van der Waals surface area contributed by atoms with Crippen LogP contribution in [0.2, 0.25) is 0 Å². The molecule has 0 unspecified atom stereocenters. The Morgan fingerprint density at radius 2 is 1.52 bits per heavy atom. The normalized spacial score (nSPS) is 9.62. The number of halogens is 3. The van der Waals surface area contributed by atoms with E-state index >= 15 is 0 Å². The molecule has 0 radical (unpaired) electrons. The zero-order valence-electron chi connectivity index (χ0n) is 11.9. The van der Waals surface area contributed by atoms with Crippen LogP contribution in [0.4, 0.5) is 0 Å². The minimum atomic E-state index is 0.697. The van der Waals surface area contributed by atoms with Crippen LogP contribution in [0.1, 0.15) is 11.1 Å². The molecule has 4 nitrogen and oxygen atoms in total. The molecule has 2 aromatic heterocycles. The average molecular weight is 577 g/mol. The molecule has 21 heavy (non-hydrogen) atoms. The van der Waals surface area contributed by atoms with E-state index < -0.39 is 0 Å². The first-order chi connectivity index (χ1) is 10.0. The average Bonchev–Trinajstić information content (AvgIpc) is 2.48. The van der Waals surface area contributed by atoms with Gasteiger partial charge in [0.1, 0.15) is 0 Å². The first kappa shape index (κ1) is 18.9. The van der Waals surface area contributed by atoms with E-state index in [-0.39, 0.29) is 0 Å². The summed E-state index contributed by atoms with van der Waals surface area (Å²) in [6.45, 7) is 1.98. The third-order valence-electron chi connectivity index (χ3n) is 2.42. The molecule has 0 saturated carbocycles. The largest absolute Gasteiger partial charge is 0.481 e. The maximum Gasteiger partial charge on any atom is 0.217 e. The zero-order chi connectivity index (χ0) is 15.8. The first-order valence-corrected chi connectivity index (χ1v) is 9.20. The Kier molecular flexibility index (Phi) is 8.79. The number of hydrogen-bond donors (Lipinski definition) is 0. The standard InChI is InChI=1S/C7H7BrINO.C7H8INO/c1-11-7-5(3-8)2-6(9)4-10-7;1-5-3-6(8)4-9-7(5)10-2/h2,4H,3H2,1H3;3-4H,1-2H3. The fourth-order valence-corrected chi connectivity index (χ4v) is 3.01. The van der Waals surface area contributed by atoms with Crippen LogP contribution >= 0.6 is 61.1 Å². The second-order valence-electron chi connectivity index (χ2n) is 3.94. The third-order valence-corrected chi connectivity index (χ3v) is 4.20. The molecule has 0 atom stereocenters. The van der Waals surface area contributed by atoms with Crippen LogP contribution in [0.15, 0.2) is 24.5 Å². The Labute approximate surface area is 160 Å². The van der Waals surface area contributed by atoms with E-state index in [1.54, 1.807) is 26.6 Å². The third kappa shape index (κ3) is 6.23. The summed E-state index contributed by atoms with van der Waals surface area (Å²) in [5.41, 5.74) is 2.16. The van der Waals surface area contributed by atoms with Gasteiger partial charge in [0.15, 0.2) is 0 Å². The molecule has 7 heteroatoms. The van der Waals surface area contributed by atoms with Crippen molar-refractivity contribution >= 4 is 61.1 Å². The summed E-state index contributed by atoms with van der Waals surface area (Å²) < 4.78 is 12.3. The number of aryl methyl sites for hydroxylation is 1. The van der Waals surface area contributed by atoms with E-state index in [0.29, 0.717) is 11.8 Å². The first-order valence-electron chi connectivity index (χ1n) is 5.92. The van der Waals surface area contributed by atoms with Crippen LogP contribution in [0, 0.1) is 14.1 Å². The van der Waals surface area contributed by atoms with Gasteiger partial charge in [-0.25, -0.2) is 9.97 Å². The monoisotopic (exact) mass is 576 g/mol. The van der Waals surface area contributed by atoms with Gasteiger partial charge < -0.3 is 9.47 Å². The Hall–Kier alpha value is -0.160. The van der Waals surface area contributed by atoms with Crippen molar-refractivity contribution in [2.24, 2.45) is 0 Å². The SMILES string of the molecule is COc1ncc(I)cc1C.COc1ncc(I)cc1CBr. The molecule has 0 aliphatic heterocycles. The summed E-state index contributed by atoms with van der Waals surface area (Å²) in [5.74, 6) is 1.41. The van der Waals surface area contributed by atoms with E-state index in [4.69, 9.17) is 9.47 Å². The maximum atomic E-state index is 5.05. The number of pyridine rings is 2. The quantitative estimate of drug-likeness (QED) is 0.396. The summed E-state index contributed by atoms with van der Waals surface area (Å²) >= 11 is 7.80. The van der Waals surface area contributed by atoms with Crippen LogP contribution in [-0.4, -0.2) is 24.2 Å². The van der Waals surface area contributed by atoms with E-state index in [1.165, 1.54) is 0 Å². The molecule has 0 aliphatic carbocycles. The lowest BCUT2D eigenvalue weighted by atomic mass is 10.3. The van der Waals surface area contributed by atoms with Gasteiger partial charge in [-0.05, 0) is 64.2 Å². The van der Waals surface area contributed by atoms with Crippen LogP contribution in [0.25, 0.3) is 0 Å². The van der Waals surface area contributed by atoms with E-state index in [9.17, 15) is 0 Å². The Morgan fingerprint density at radius 3 is 2.00 bits per heavy atom. The van der Waals surface area contributed by atoms with Crippen molar-refractivity contribution < 1.29 is 9.47 Å². The van der Waals surface area contributed by atoms with Crippen molar-refractivity contribution in [2.75, 3.05) is 14.2 Å². The highest BCUT2D eigenvalue weighted by atomic mass is 127. The molecule has 114 valence electrons. The molecule has 0 amide bonds. The second-order valence-corrected chi connectivity index (χ2v) is 6.99. The topological polar surface area (TPSA) is 44.2 Å². The summed E-state index contributed by atoms with van der Waals surface area (Å²) in [6, 6.07) is 4.08. The van der Waals surface area contributed by atoms with Crippen LogP contribution in [-0.2, 0) is 5.33 Å². The van der Waals surface area contributed by atoms with Gasteiger partial charge in [0.2, 0.25) is 11.8 Å². The lowest BCUT2D eigenvalue weighted by Gasteiger charge is -2.03. The van der Waals surface area contributed by atoms with Gasteiger partial charge in [-0.15, -0.1) is 0 Å². The Balaban J connectivity index is 0.000000211. The number of ether oxygens (including phenoxy) is 2. The number of rotatable bonds is 3. The number of methoxy groups -OCH3 is 2. The zero-order valence-corrected chi connectivity index (χ0v) is 17.8. The van der Waals surface area contributed by atoms with E-state index in [2.05, 4.69) is 71.1 Å². The van der Waals surface area contributed by atoms with Gasteiger partial charge in [-0.1, -0.05) is 15.9 Å². The molecule has 0 N–H and O–H groups in total. The predicted molar refractivity (Wildman–Crippen MR) is 104 cm³/mol. The molecule has 0 aromatic carbocycles. The van der Waals surface area contributed by atoms with Crippen molar-refractivity contribution in [3.8, 4) is 11.8 Å². The number of nitrogens with zero attached hydrogens (tertiary/aromatic N) is 2. The second kappa shape index (κ2) is 9.78. The van der Waals surface area contributed by atoms with Gasteiger partial charge in [0.05, 0.1) is 14.2 Å². The highest BCUT2D eigenvalue weighted by Gasteiger charge is 2.02.